The Hall–Kier alpha value is -3.34. The zero-order valence-corrected chi connectivity index (χ0v) is 18.4. The minimum absolute atomic E-state index is 0.106. The number of hydrogen-bond donors (Lipinski definition) is 1. The monoisotopic (exact) mass is 416 g/mol. The first-order chi connectivity index (χ1) is 14.6. The lowest BCUT2D eigenvalue weighted by atomic mass is 9.79. The molecule has 1 aliphatic carbocycles. The molecule has 1 aliphatic rings. The molecule has 0 saturated heterocycles. The zero-order chi connectivity index (χ0) is 22.4. The van der Waals surface area contributed by atoms with E-state index in [4.69, 9.17) is 10.5 Å². The predicted molar refractivity (Wildman–Crippen MR) is 120 cm³/mol. The number of para-hydroxylation sites is 1. The molecule has 1 unspecified atom stereocenters. The van der Waals surface area contributed by atoms with Gasteiger partial charge in [0.25, 0.3) is 0 Å². The Morgan fingerprint density at radius 2 is 1.68 bits per heavy atom. The molecule has 1 amide bonds. The van der Waals surface area contributed by atoms with Gasteiger partial charge in [-0.3, -0.25) is 4.79 Å². The van der Waals surface area contributed by atoms with Crippen molar-refractivity contribution in [1.82, 2.24) is 4.57 Å². The number of ether oxygens (including phenoxy) is 1. The topological polar surface area (TPSA) is 74.3 Å². The Bertz CT molecular complexity index is 1140. The van der Waals surface area contributed by atoms with Crippen molar-refractivity contribution >= 4 is 11.9 Å². The van der Waals surface area contributed by atoms with Crippen molar-refractivity contribution in [1.29, 1.82) is 0 Å². The molecule has 2 N–H and O–H groups in total. The van der Waals surface area contributed by atoms with Crippen LogP contribution in [0.1, 0.15) is 59.9 Å². The molecule has 4 rings (SSSR count). The van der Waals surface area contributed by atoms with E-state index in [1.165, 1.54) is 0 Å². The quantitative estimate of drug-likeness (QED) is 0.619. The number of esters is 1. The molecular weight excluding hydrogens is 388 g/mol. The van der Waals surface area contributed by atoms with Gasteiger partial charge in [-0.2, -0.15) is 0 Å². The minimum atomic E-state index is -0.769. The molecular formula is C26H28N2O3. The summed E-state index contributed by atoms with van der Waals surface area (Å²) in [6, 6.07) is 17.2. The van der Waals surface area contributed by atoms with Crippen LogP contribution in [0, 0.1) is 6.92 Å². The van der Waals surface area contributed by atoms with E-state index in [0.717, 1.165) is 28.1 Å². The minimum Gasteiger partial charge on any atom is -0.456 e. The van der Waals surface area contributed by atoms with Crippen LogP contribution in [0.4, 0.5) is 0 Å². The number of carbonyl (C=O) groups excluding carboxylic acids is 2. The summed E-state index contributed by atoms with van der Waals surface area (Å²) in [4.78, 5) is 25.1. The van der Waals surface area contributed by atoms with Crippen LogP contribution in [-0.4, -0.2) is 16.4 Å². The van der Waals surface area contributed by atoms with Gasteiger partial charge in [0.1, 0.15) is 6.61 Å². The highest BCUT2D eigenvalue weighted by Gasteiger charge is 2.51. The Morgan fingerprint density at radius 3 is 2.29 bits per heavy atom. The first kappa shape index (κ1) is 20.9. The van der Waals surface area contributed by atoms with E-state index in [1.54, 1.807) is 12.1 Å². The lowest BCUT2D eigenvalue weighted by Crippen LogP contribution is -2.37. The average molecular weight is 417 g/mol. The summed E-state index contributed by atoms with van der Waals surface area (Å²) in [5.41, 5.74) is 10.2. The van der Waals surface area contributed by atoms with Gasteiger partial charge in [-0.25, -0.2) is 4.79 Å². The van der Waals surface area contributed by atoms with E-state index >= 15 is 0 Å². The predicted octanol–water partition coefficient (Wildman–Crippen LogP) is 4.57. The fourth-order valence-corrected chi connectivity index (χ4v) is 4.88. The van der Waals surface area contributed by atoms with E-state index in [2.05, 4.69) is 13.8 Å². The van der Waals surface area contributed by atoms with Crippen molar-refractivity contribution in [2.75, 3.05) is 0 Å². The van der Waals surface area contributed by atoms with Crippen molar-refractivity contribution in [3.63, 3.8) is 0 Å². The Balaban J connectivity index is 1.78. The average Bonchev–Trinajstić information content (AvgIpc) is 3.22. The van der Waals surface area contributed by atoms with Crippen LogP contribution >= 0.6 is 0 Å². The molecule has 31 heavy (non-hydrogen) atoms. The second kappa shape index (κ2) is 7.41. The van der Waals surface area contributed by atoms with Crippen LogP contribution in [0.5, 0.6) is 0 Å². The van der Waals surface area contributed by atoms with Crippen LogP contribution in [0.2, 0.25) is 0 Å². The molecule has 2 aromatic carbocycles. The van der Waals surface area contributed by atoms with Crippen LogP contribution in [0.25, 0.3) is 5.69 Å². The third-order valence-corrected chi connectivity index (χ3v) is 6.38. The van der Waals surface area contributed by atoms with E-state index < -0.39 is 5.41 Å². The van der Waals surface area contributed by atoms with Crippen molar-refractivity contribution in [3.05, 3.63) is 88.7 Å². The third-order valence-electron chi connectivity index (χ3n) is 6.38. The van der Waals surface area contributed by atoms with E-state index in [9.17, 15) is 9.59 Å². The molecule has 0 aliphatic heterocycles. The first-order valence-electron chi connectivity index (χ1n) is 10.5. The Morgan fingerprint density at radius 1 is 1.03 bits per heavy atom. The van der Waals surface area contributed by atoms with E-state index in [-0.39, 0.29) is 23.9 Å². The lowest BCUT2D eigenvalue weighted by Gasteiger charge is -2.26. The molecule has 1 atom stereocenters. The summed E-state index contributed by atoms with van der Waals surface area (Å²) in [6.07, 6.45) is 2.60. The van der Waals surface area contributed by atoms with Gasteiger partial charge in [-0.15, -0.1) is 0 Å². The number of primary amides is 1. The standard InChI is InChI=1S/C26H28N2O3/c1-17-10-12-18(13-11-17)23(29)31-15-21-22-20(14-28(21)19-8-6-5-7-9-19)26(4,24(27)30)16-25(22,2)3/h5-14H,15-16H2,1-4H3,(H2,27,30). The van der Waals surface area contributed by atoms with E-state index in [0.29, 0.717) is 12.0 Å². The fourth-order valence-electron chi connectivity index (χ4n) is 4.88. The molecule has 0 spiro atoms. The highest BCUT2D eigenvalue weighted by atomic mass is 16.5. The molecule has 3 aromatic rings. The maximum Gasteiger partial charge on any atom is 0.338 e. The highest BCUT2D eigenvalue weighted by molar-refractivity contribution is 5.90. The van der Waals surface area contributed by atoms with Gasteiger partial charge in [0.15, 0.2) is 0 Å². The van der Waals surface area contributed by atoms with Crippen molar-refractivity contribution < 1.29 is 14.3 Å². The van der Waals surface area contributed by atoms with Gasteiger partial charge < -0.3 is 15.0 Å². The Kier molecular flexibility index (Phi) is 5.00. The summed E-state index contributed by atoms with van der Waals surface area (Å²) in [5.74, 6) is -0.712. The first-order valence-corrected chi connectivity index (χ1v) is 10.5. The number of amides is 1. The number of aromatic nitrogens is 1. The third kappa shape index (κ3) is 3.54. The van der Waals surface area contributed by atoms with Gasteiger partial charge in [0.05, 0.1) is 16.7 Å². The number of rotatable bonds is 5. The number of aryl methyl sites for hydroxylation is 1. The molecule has 5 heteroatoms. The molecule has 0 fully saturated rings. The maximum absolute atomic E-state index is 12.7. The second-order valence-electron chi connectivity index (χ2n) is 9.27. The number of fused-ring (bicyclic) bond motifs is 1. The molecule has 160 valence electrons. The molecule has 1 aromatic heterocycles. The van der Waals surface area contributed by atoms with E-state index in [1.807, 2.05) is 67.1 Å². The number of carbonyl (C=O) groups is 2. The van der Waals surface area contributed by atoms with Gasteiger partial charge in [0, 0.05) is 11.9 Å². The van der Waals surface area contributed by atoms with Crippen molar-refractivity contribution in [2.24, 2.45) is 5.73 Å². The van der Waals surface area contributed by atoms with Gasteiger partial charge in [-0.1, -0.05) is 49.7 Å². The lowest BCUT2D eigenvalue weighted by molar-refractivity contribution is -0.123. The highest BCUT2D eigenvalue weighted by Crippen LogP contribution is 2.52. The van der Waals surface area contributed by atoms with Gasteiger partial charge in [-0.05, 0) is 61.1 Å². The Labute approximate surface area is 182 Å². The molecule has 5 nitrogen and oxygen atoms in total. The molecule has 0 radical (unpaired) electrons. The zero-order valence-electron chi connectivity index (χ0n) is 18.4. The van der Waals surface area contributed by atoms with Crippen LogP contribution in [-0.2, 0) is 27.0 Å². The fraction of sp³-hybridized carbons (Fsp3) is 0.308. The maximum atomic E-state index is 12.7. The smallest absolute Gasteiger partial charge is 0.338 e. The number of hydrogen-bond acceptors (Lipinski definition) is 3. The molecule has 1 heterocycles. The summed E-state index contributed by atoms with van der Waals surface area (Å²) in [6.45, 7) is 8.21. The molecule has 0 saturated carbocycles. The summed E-state index contributed by atoms with van der Waals surface area (Å²) < 4.78 is 7.77. The summed E-state index contributed by atoms with van der Waals surface area (Å²) in [5, 5.41) is 0. The number of nitrogens with two attached hydrogens (primary N) is 1. The van der Waals surface area contributed by atoms with Crippen LogP contribution in [0.3, 0.4) is 0 Å². The number of nitrogens with zero attached hydrogens (tertiary/aromatic N) is 1. The largest absolute Gasteiger partial charge is 0.456 e. The summed E-state index contributed by atoms with van der Waals surface area (Å²) >= 11 is 0. The van der Waals surface area contributed by atoms with Gasteiger partial charge in [0.2, 0.25) is 5.91 Å². The number of benzene rings is 2. The van der Waals surface area contributed by atoms with Gasteiger partial charge >= 0.3 is 5.97 Å². The van der Waals surface area contributed by atoms with Crippen LogP contribution in [0.15, 0.2) is 60.8 Å². The van der Waals surface area contributed by atoms with Crippen molar-refractivity contribution in [2.45, 2.75) is 51.6 Å². The molecule has 0 bridgehead atoms. The SMILES string of the molecule is Cc1ccc(C(=O)OCc2c3c(cn2-c2ccccc2)C(C)(C(N)=O)CC3(C)C)cc1. The van der Waals surface area contributed by atoms with Crippen LogP contribution < -0.4 is 5.73 Å². The second-order valence-corrected chi connectivity index (χ2v) is 9.27. The normalized spacial score (nSPS) is 19.1. The van der Waals surface area contributed by atoms with Crippen molar-refractivity contribution in [3.8, 4) is 5.69 Å². The summed E-state index contributed by atoms with van der Waals surface area (Å²) in [7, 11) is 0.